The largest absolute Gasteiger partial charge is 0.0878 e. The van der Waals surface area contributed by atoms with Crippen LogP contribution in [0.3, 0.4) is 0 Å². The van der Waals surface area contributed by atoms with Crippen molar-refractivity contribution >= 4 is 0 Å². The molecule has 1 nitrogen and oxygen atoms in total. The molecule has 0 rings (SSSR count). The summed E-state index contributed by atoms with van der Waals surface area (Å²) in [5.74, 6) is 2.59. The normalized spacial score (nSPS) is 7.62. The Bertz CT molecular complexity index is 86.3. The van der Waals surface area contributed by atoms with Crippen molar-refractivity contribution in [2.45, 2.75) is 32.6 Å². The number of hydrogen-bond donors (Lipinski definition) is 0. The van der Waals surface area contributed by atoms with Crippen LogP contribution in [0.2, 0.25) is 0 Å². The van der Waals surface area contributed by atoms with E-state index in [2.05, 4.69) is 12.8 Å². The average Bonchev–Trinajstić information content (AvgIpc) is 1.81. The van der Waals surface area contributed by atoms with Gasteiger partial charge in [0.2, 0.25) is 0 Å². The highest BCUT2D eigenvalue weighted by atomic mass is 14.4. The molecule has 0 saturated carbocycles. The summed E-state index contributed by atoms with van der Waals surface area (Å²) in [5, 5.41) is 0. The Labute approximate surface area is 51.3 Å². The molecule has 0 fully saturated rings. The molecule has 0 amide bonds. The Morgan fingerprint density at radius 2 is 2.12 bits per heavy atom. The third-order valence-electron chi connectivity index (χ3n) is 0.984. The van der Waals surface area contributed by atoms with Gasteiger partial charge in [-0.05, 0) is 6.42 Å². The second kappa shape index (κ2) is 6.36. The number of unbranched alkanes of at least 4 members (excludes halogenated alkanes) is 3. The van der Waals surface area contributed by atoms with E-state index in [0.717, 1.165) is 12.8 Å². The van der Waals surface area contributed by atoms with Crippen LogP contribution in [-0.2, 0) is 0 Å². The van der Waals surface area contributed by atoms with Crippen LogP contribution in [-0.4, -0.2) is 0 Å². The molecule has 0 spiro atoms. The van der Waals surface area contributed by atoms with Gasteiger partial charge in [-0.25, -0.2) is 0 Å². The van der Waals surface area contributed by atoms with Gasteiger partial charge in [0, 0.05) is 6.42 Å². The predicted molar refractivity (Wildman–Crippen MR) is 34.1 cm³/mol. The van der Waals surface area contributed by atoms with Crippen molar-refractivity contribution in [3.05, 3.63) is 0 Å². The molecule has 0 unspecified atom stereocenters. The first-order valence-corrected chi connectivity index (χ1v) is 3.03. The van der Waals surface area contributed by atoms with Gasteiger partial charge < -0.3 is 0 Å². The monoisotopic (exact) mass is 109 g/mol. The van der Waals surface area contributed by atoms with Crippen molar-refractivity contribution in [2.75, 3.05) is 0 Å². The summed E-state index contributed by atoms with van der Waals surface area (Å²) in [5.41, 5.74) is 8.00. The average molecular weight is 109 g/mol. The van der Waals surface area contributed by atoms with Crippen molar-refractivity contribution < 1.29 is 0 Å². The molecular formula is C7H11N. The molecule has 0 aromatic heterocycles. The van der Waals surface area contributed by atoms with E-state index in [9.17, 15) is 0 Å². The third kappa shape index (κ3) is 5.36. The van der Waals surface area contributed by atoms with Gasteiger partial charge in [-0.15, -0.1) is 0 Å². The second-order valence-corrected chi connectivity index (χ2v) is 1.75. The molecule has 8 heavy (non-hydrogen) atoms. The molecule has 0 N–H and O–H groups in total. The first-order chi connectivity index (χ1) is 3.91. The van der Waals surface area contributed by atoms with Gasteiger partial charge in [0.1, 0.15) is 0 Å². The summed E-state index contributed by atoms with van der Waals surface area (Å²) in [4.78, 5) is 0. The minimum atomic E-state index is 0.838. The van der Waals surface area contributed by atoms with Crippen LogP contribution < -0.4 is 5.73 Å². The molecule has 0 heterocycles. The maximum atomic E-state index is 8.00. The lowest BCUT2D eigenvalue weighted by Crippen LogP contribution is -1.70. The van der Waals surface area contributed by atoms with E-state index in [1.165, 1.54) is 12.8 Å². The van der Waals surface area contributed by atoms with Crippen LogP contribution in [0.15, 0.2) is 0 Å². The second-order valence-electron chi connectivity index (χ2n) is 1.75. The van der Waals surface area contributed by atoms with E-state index in [1.807, 2.05) is 6.04 Å². The summed E-state index contributed by atoms with van der Waals surface area (Å²) in [6, 6.07) is 1.88. The van der Waals surface area contributed by atoms with Crippen molar-refractivity contribution in [1.29, 1.82) is 0 Å². The van der Waals surface area contributed by atoms with Crippen molar-refractivity contribution in [3.8, 4) is 12.0 Å². The lowest BCUT2D eigenvalue weighted by atomic mass is 10.2. The molecule has 0 bridgehead atoms. The molecule has 0 aromatic carbocycles. The zero-order valence-electron chi connectivity index (χ0n) is 5.28. The van der Waals surface area contributed by atoms with Crippen LogP contribution in [0.25, 0.3) is 0 Å². The van der Waals surface area contributed by atoms with Crippen molar-refractivity contribution in [1.82, 2.24) is 5.73 Å². The van der Waals surface area contributed by atoms with Crippen LogP contribution >= 0.6 is 0 Å². The van der Waals surface area contributed by atoms with Crippen molar-refractivity contribution in [3.63, 3.8) is 0 Å². The fourth-order valence-corrected chi connectivity index (χ4v) is 0.519. The Kier molecular flexibility index (Phi) is 5.85. The van der Waals surface area contributed by atoms with Gasteiger partial charge in [-0.1, -0.05) is 31.4 Å². The molecular weight excluding hydrogens is 98.1 g/mol. The molecule has 0 aromatic rings. The van der Waals surface area contributed by atoms with E-state index in [0.29, 0.717) is 0 Å². The van der Waals surface area contributed by atoms with Gasteiger partial charge in [-0.3, -0.25) is 0 Å². The van der Waals surface area contributed by atoms with Gasteiger partial charge in [0.25, 0.3) is 0 Å². The molecule has 44 valence electrons. The lowest BCUT2D eigenvalue weighted by Gasteiger charge is -1.86. The summed E-state index contributed by atoms with van der Waals surface area (Å²) in [7, 11) is 0. The molecule has 1 heteroatoms. The van der Waals surface area contributed by atoms with Gasteiger partial charge >= 0.3 is 0 Å². The van der Waals surface area contributed by atoms with E-state index in [1.54, 1.807) is 0 Å². The molecule has 0 aliphatic heterocycles. The molecule has 0 saturated heterocycles. The van der Waals surface area contributed by atoms with E-state index in [4.69, 9.17) is 5.73 Å². The Balaban J connectivity index is 2.79. The molecule has 2 radical (unpaired) electrons. The summed E-state index contributed by atoms with van der Waals surface area (Å²) >= 11 is 0. The minimum Gasteiger partial charge on any atom is -0.0878 e. The van der Waals surface area contributed by atoms with E-state index >= 15 is 0 Å². The summed E-state index contributed by atoms with van der Waals surface area (Å²) in [6.07, 6.45) is 4.39. The fraction of sp³-hybridized carbons (Fsp3) is 0.714. The number of hydrogen-bond acceptors (Lipinski definition) is 0. The maximum absolute atomic E-state index is 8.00. The Morgan fingerprint density at radius 1 is 1.38 bits per heavy atom. The Morgan fingerprint density at radius 3 is 2.62 bits per heavy atom. The topological polar surface area (TPSA) is 22.3 Å². The lowest BCUT2D eigenvalue weighted by molar-refractivity contribution is 0.737. The molecule has 0 aliphatic carbocycles. The van der Waals surface area contributed by atoms with Gasteiger partial charge in [0.05, 0.1) is 6.04 Å². The van der Waals surface area contributed by atoms with E-state index < -0.39 is 0 Å². The Hall–Kier alpha value is -0.640. The number of rotatable bonds is 3. The highest BCUT2D eigenvalue weighted by molar-refractivity contribution is 4.92. The SMILES string of the molecule is CCCCCC#C[N]. The zero-order valence-corrected chi connectivity index (χ0v) is 5.28. The third-order valence-corrected chi connectivity index (χ3v) is 0.984. The first kappa shape index (κ1) is 7.36. The van der Waals surface area contributed by atoms with Crippen molar-refractivity contribution in [2.24, 2.45) is 0 Å². The first-order valence-electron chi connectivity index (χ1n) is 3.03. The smallest absolute Gasteiger partial charge is 0.0584 e. The highest BCUT2D eigenvalue weighted by Gasteiger charge is 1.78. The summed E-state index contributed by atoms with van der Waals surface area (Å²) in [6.45, 7) is 2.15. The van der Waals surface area contributed by atoms with Gasteiger partial charge in [0.15, 0.2) is 0 Å². The van der Waals surface area contributed by atoms with E-state index in [-0.39, 0.29) is 0 Å². The van der Waals surface area contributed by atoms with Crippen LogP contribution in [0.1, 0.15) is 32.6 Å². The van der Waals surface area contributed by atoms with Crippen LogP contribution in [0.5, 0.6) is 0 Å². The molecule has 0 atom stereocenters. The van der Waals surface area contributed by atoms with Gasteiger partial charge in [-0.2, -0.15) is 0 Å². The predicted octanol–water partition coefficient (Wildman–Crippen LogP) is 1.60. The minimum absolute atomic E-state index is 0.838. The standard InChI is InChI=1S/C7H11N/c1-2-3-4-5-6-7-8/h2-5H2,1H3. The molecule has 0 aliphatic rings. The highest BCUT2D eigenvalue weighted by Crippen LogP contribution is 1.95. The zero-order chi connectivity index (χ0) is 6.24. The fourth-order valence-electron chi connectivity index (χ4n) is 0.519. The van der Waals surface area contributed by atoms with Crippen LogP contribution in [0, 0.1) is 12.0 Å². The maximum Gasteiger partial charge on any atom is 0.0584 e. The summed E-state index contributed by atoms with van der Waals surface area (Å²) < 4.78 is 0. The quantitative estimate of drug-likeness (QED) is 0.388. The van der Waals surface area contributed by atoms with Crippen LogP contribution in [0.4, 0.5) is 0 Å². The number of nitrogens with zero attached hydrogens (tertiary/aromatic N) is 1.